The molecule has 0 aromatic heterocycles. The predicted octanol–water partition coefficient (Wildman–Crippen LogP) is 6.30. The zero-order chi connectivity index (χ0) is 14.0. The molecule has 0 nitrogen and oxygen atoms in total. The molecule has 0 N–H and O–H groups in total. The molecule has 2 rings (SSSR count). The summed E-state index contributed by atoms with van der Waals surface area (Å²) < 4.78 is 0. The van der Waals surface area contributed by atoms with E-state index < -0.39 is 0 Å². The van der Waals surface area contributed by atoms with Crippen LogP contribution in [-0.4, -0.2) is 0 Å². The van der Waals surface area contributed by atoms with Crippen molar-refractivity contribution in [1.82, 2.24) is 0 Å². The fourth-order valence-corrected chi connectivity index (χ4v) is 5.11. The van der Waals surface area contributed by atoms with Crippen LogP contribution in [0.25, 0.3) is 0 Å². The number of rotatable bonds is 6. The van der Waals surface area contributed by atoms with Gasteiger partial charge in [0.1, 0.15) is 0 Å². The molecule has 0 bridgehead atoms. The third kappa shape index (κ3) is 3.03. The Balaban J connectivity index is 1.91. The monoisotopic (exact) mass is 264 g/mol. The summed E-state index contributed by atoms with van der Waals surface area (Å²) in [5, 5.41) is 0. The van der Waals surface area contributed by atoms with E-state index in [0.29, 0.717) is 0 Å². The quantitative estimate of drug-likeness (QED) is 0.528. The second kappa shape index (κ2) is 6.19. The van der Waals surface area contributed by atoms with E-state index >= 15 is 0 Å². The van der Waals surface area contributed by atoms with Crippen LogP contribution in [0.1, 0.15) is 86.0 Å². The van der Waals surface area contributed by atoms with Crippen molar-refractivity contribution >= 4 is 0 Å². The first-order valence-electron chi connectivity index (χ1n) is 9.01. The summed E-state index contributed by atoms with van der Waals surface area (Å²) in [6, 6.07) is 0. The van der Waals surface area contributed by atoms with Crippen LogP contribution >= 0.6 is 0 Å². The van der Waals surface area contributed by atoms with E-state index in [4.69, 9.17) is 0 Å². The predicted molar refractivity (Wildman–Crippen MR) is 85.2 cm³/mol. The van der Waals surface area contributed by atoms with E-state index in [1.807, 2.05) is 0 Å². The second-order valence-electron chi connectivity index (χ2n) is 8.14. The van der Waals surface area contributed by atoms with Crippen molar-refractivity contribution in [2.75, 3.05) is 0 Å². The minimum atomic E-state index is 0.744. The van der Waals surface area contributed by atoms with Crippen LogP contribution in [0.5, 0.6) is 0 Å². The summed E-state index contributed by atoms with van der Waals surface area (Å²) in [4.78, 5) is 0. The van der Waals surface area contributed by atoms with E-state index in [2.05, 4.69) is 34.6 Å². The molecule has 0 aromatic carbocycles. The van der Waals surface area contributed by atoms with Crippen LogP contribution in [0.4, 0.5) is 0 Å². The van der Waals surface area contributed by atoms with Gasteiger partial charge in [0.2, 0.25) is 0 Å². The number of fused-ring (bicyclic) bond motifs is 1. The van der Waals surface area contributed by atoms with Gasteiger partial charge in [-0.1, -0.05) is 60.3 Å². The normalized spacial score (nSPS) is 41.2. The van der Waals surface area contributed by atoms with Gasteiger partial charge < -0.3 is 0 Å². The van der Waals surface area contributed by atoms with Crippen molar-refractivity contribution in [1.29, 1.82) is 0 Å². The average Bonchev–Trinajstić information content (AvgIpc) is 2.40. The van der Waals surface area contributed by atoms with Crippen LogP contribution in [-0.2, 0) is 0 Å². The highest BCUT2D eigenvalue weighted by atomic mass is 14.6. The molecule has 2 fully saturated rings. The molecule has 0 heterocycles. The van der Waals surface area contributed by atoms with Crippen molar-refractivity contribution in [2.45, 2.75) is 86.0 Å². The van der Waals surface area contributed by atoms with Crippen LogP contribution < -0.4 is 0 Å². The third-order valence-corrected chi connectivity index (χ3v) is 7.05. The molecular weight excluding hydrogens is 228 g/mol. The lowest BCUT2D eigenvalue weighted by molar-refractivity contribution is -0.0835. The molecule has 2 aliphatic carbocycles. The Morgan fingerprint density at radius 3 is 2.26 bits per heavy atom. The Hall–Kier alpha value is 0. The van der Waals surface area contributed by atoms with E-state index in [1.165, 1.54) is 51.4 Å². The smallest absolute Gasteiger partial charge is 0.0295 e. The standard InChI is InChI=1S/C19H36/c1-6-14(3)8-9-15(4)17-10-12-19(5)13-11-18(19)16(17)7-2/h14-18H,6-13H2,1-5H3. The maximum atomic E-state index is 2.57. The van der Waals surface area contributed by atoms with Crippen molar-refractivity contribution < 1.29 is 0 Å². The summed E-state index contributed by atoms with van der Waals surface area (Å²) in [6.45, 7) is 12.3. The van der Waals surface area contributed by atoms with Crippen molar-refractivity contribution in [3.05, 3.63) is 0 Å². The topological polar surface area (TPSA) is 0 Å². The molecule has 0 aliphatic heterocycles. The first-order chi connectivity index (χ1) is 9.01. The molecule has 6 atom stereocenters. The van der Waals surface area contributed by atoms with Crippen LogP contribution in [0.2, 0.25) is 0 Å². The van der Waals surface area contributed by atoms with Crippen LogP contribution in [0, 0.1) is 35.0 Å². The second-order valence-corrected chi connectivity index (χ2v) is 8.14. The highest BCUT2D eigenvalue weighted by Gasteiger charge is 2.51. The molecule has 6 unspecified atom stereocenters. The van der Waals surface area contributed by atoms with Gasteiger partial charge in [-0.3, -0.25) is 0 Å². The van der Waals surface area contributed by atoms with Gasteiger partial charge in [-0.2, -0.15) is 0 Å². The lowest BCUT2D eigenvalue weighted by Crippen LogP contribution is -2.49. The lowest BCUT2D eigenvalue weighted by atomic mass is 9.47. The van der Waals surface area contributed by atoms with Gasteiger partial charge in [-0.05, 0) is 60.7 Å². The van der Waals surface area contributed by atoms with E-state index in [1.54, 1.807) is 0 Å². The Kier molecular flexibility index (Phi) is 5.01. The molecular formula is C19H36. The van der Waals surface area contributed by atoms with Gasteiger partial charge in [0.25, 0.3) is 0 Å². The first-order valence-corrected chi connectivity index (χ1v) is 9.01. The summed E-state index contributed by atoms with van der Waals surface area (Å²) in [7, 11) is 0. The van der Waals surface area contributed by atoms with E-state index in [-0.39, 0.29) is 0 Å². The molecule has 19 heavy (non-hydrogen) atoms. The summed E-state index contributed by atoms with van der Waals surface area (Å²) >= 11 is 0. The fourth-order valence-electron chi connectivity index (χ4n) is 5.11. The number of hydrogen-bond donors (Lipinski definition) is 0. The maximum Gasteiger partial charge on any atom is -0.0295 e. The van der Waals surface area contributed by atoms with Crippen molar-refractivity contribution in [3.8, 4) is 0 Å². The Morgan fingerprint density at radius 1 is 1.05 bits per heavy atom. The fraction of sp³-hybridized carbons (Fsp3) is 1.00. The Bertz CT molecular complexity index is 282. The van der Waals surface area contributed by atoms with Gasteiger partial charge in [-0.15, -0.1) is 0 Å². The highest BCUT2D eigenvalue weighted by Crippen LogP contribution is 2.61. The van der Waals surface area contributed by atoms with Crippen molar-refractivity contribution in [3.63, 3.8) is 0 Å². The van der Waals surface area contributed by atoms with Crippen molar-refractivity contribution in [2.24, 2.45) is 35.0 Å². The zero-order valence-electron chi connectivity index (χ0n) is 14.0. The minimum Gasteiger partial charge on any atom is -0.0651 e. The van der Waals surface area contributed by atoms with Crippen LogP contribution in [0.3, 0.4) is 0 Å². The first kappa shape index (κ1) is 15.4. The molecule has 2 aliphatic rings. The maximum absolute atomic E-state index is 2.57. The van der Waals surface area contributed by atoms with Gasteiger partial charge in [-0.25, -0.2) is 0 Å². The minimum absolute atomic E-state index is 0.744. The van der Waals surface area contributed by atoms with E-state index in [9.17, 15) is 0 Å². The van der Waals surface area contributed by atoms with E-state index in [0.717, 1.165) is 35.0 Å². The molecule has 2 saturated carbocycles. The molecule has 0 saturated heterocycles. The van der Waals surface area contributed by atoms with Crippen LogP contribution in [0.15, 0.2) is 0 Å². The number of hydrogen-bond acceptors (Lipinski definition) is 0. The molecule has 0 radical (unpaired) electrons. The van der Waals surface area contributed by atoms with Gasteiger partial charge >= 0.3 is 0 Å². The summed E-state index contributed by atoms with van der Waals surface area (Å²) in [6.07, 6.45) is 11.8. The molecule has 0 heteroatoms. The molecule has 0 amide bonds. The molecule has 0 aromatic rings. The highest BCUT2D eigenvalue weighted by molar-refractivity contribution is 5.01. The lowest BCUT2D eigenvalue weighted by Gasteiger charge is -2.58. The van der Waals surface area contributed by atoms with Gasteiger partial charge in [0.15, 0.2) is 0 Å². The SMILES string of the molecule is CCC(C)CCC(C)C1CCC2(C)CCC2C1CC. The van der Waals surface area contributed by atoms with Gasteiger partial charge in [0.05, 0.1) is 0 Å². The Morgan fingerprint density at radius 2 is 1.74 bits per heavy atom. The third-order valence-electron chi connectivity index (χ3n) is 7.05. The summed E-state index contributed by atoms with van der Waals surface area (Å²) in [5.74, 6) is 5.04. The zero-order valence-corrected chi connectivity index (χ0v) is 14.0. The largest absolute Gasteiger partial charge is 0.0651 e. The Labute approximate surface area is 121 Å². The average molecular weight is 264 g/mol. The summed E-state index contributed by atoms with van der Waals surface area (Å²) in [5.41, 5.74) is 0.744. The molecule has 112 valence electrons. The molecule has 0 spiro atoms. The van der Waals surface area contributed by atoms with Gasteiger partial charge in [0, 0.05) is 0 Å².